The third-order valence-corrected chi connectivity index (χ3v) is 2.72. The van der Waals surface area contributed by atoms with Crippen LogP contribution in [0.25, 0.3) is 0 Å². The van der Waals surface area contributed by atoms with E-state index in [1.54, 1.807) is 0 Å². The van der Waals surface area contributed by atoms with Crippen molar-refractivity contribution in [2.75, 3.05) is 5.75 Å². The number of hydrogen-bond donors (Lipinski definition) is 1. The van der Waals surface area contributed by atoms with Crippen LogP contribution in [0, 0.1) is 0 Å². The second-order valence-electron chi connectivity index (χ2n) is 2.61. The van der Waals surface area contributed by atoms with Crippen LogP contribution < -0.4 is 5.73 Å². The molecule has 1 nitrogen and oxygen atoms in total. The van der Waals surface area contributed by atoms with Crippen LogP contribution in [-0.2, 0) is 12.3 Å². The van der Waals surface area contributed by atoms with Gasteiger partial charge >= 0.3 is 0 Å². The van der Waals surface area contributed by atoms with Gasteiger partial charge in [0, 0.05) is 12.3 Å². The van der Waals surface area contributed by atoms with E-state index in [9.17, 15) is 0 Å². The van der Waals surface area contributed by atoms with Crippen molar-refractivity contribution in [1.82, 2.24) is 0 Å². The van der Waals surface area contributed by atoms with Crippen LogP contribution in [0.1, 0.15) is 18.1 Å². The third kappa shape index (κ3) is 2.54. The summed E-state index contributed by atoms with van der Waals surface area (Å²) in [6.07, 6.45) is 0. The van der Waals surface area contributed by atoms with Gasteiger partial charge in [0.15, 0.2) is 0 Å². The maximum atomic E-state index is 5.61. The highest BCUT2D eigenvalue weighted by Crippen LogP contribution is 2.15. The predicted octanol–water partition coefficient (Wildman–Crippen LogP) is 2.40. The molecule has 1 rings (SSSR count). The summed E-state index contributed by atoms with van der Waals surface area (Å²) in [6.45, 7) is 2.83. The average Bonchev–Trinajstić information content (AvgIpc) is 2.15. The van der Waals surface area contributed by atoms with Gasteiger partial charge in [0.1, 0.15) is 0 Å². The minimum Gasteiger partial charge on any atom is -0.326 e. The Morgan fingerprint density at radius 3 is 2.50 bits per heavy atom. The molecule has 0 radical (unpaired) electrons. The summed E-state index contributed by atoms with van der Waals surface area (Å²) < 4.78 is 0. The van der Waals surface area contributed by atoms with Gasteiger partial charge in [-0.15, -0.1) is 0 Å². The minimum atomic E-state index is 0.653. The van der Waals surface area contributed by atoms with Crippen LogP contribution in [0.4, 0.5) is 0 Å². The lowest BCUT2D eigenvalue weighted by Gasteiger charge is -2.05. The van der Waals surface area contributed by atoms with Gasteiger partial charge in [0.05, 0.1) is 0 Å². The van der Waals surface area contributed by atoms with E-state index in [2.05, 4.69) is 25.1 Å². The molecule has 12 heavy (non-hydrogen) atoms. The topological polar surface area (TPSA) is 26.0 Å². The molecule has 0 amide bonds. The fraction of sp³-hybridized carbons (Fsp3) is 0.400. The zero-order valence-electron chi connectivity index (χ0n) is 7.42. The Morgan fingerprint density at radius 2 is 1.92 bits per heavy atom. The smallest absolute Gasteiger partial charge is 0.0187 e. The molecule has 0 unspecified atom stereocenters. The summed E-state index contributed by atoms with van der Waals surface area (Å²) >= 11 is 1.94. The first kappa shape index (κ1) is 9.62. The molecule has 0 bridgehead atoms. The van der Waals surface area contributed by atoms with Gasteiger partial charge in [0.2, 0.25) is 0 Å². The lowest BCUT2D eigenvalue weighted by atomic mass is 10.1. The molecule has 2 heteroatoms. The van der Waals surface area contributed by atoms with E-state index in [0.29, 0.717) is 6.54 Å². The largest absolute Gasteiger partial charge is 0.326 e. The summed E-state index contributed by atoms with van der Waals surface area (Å²) in [4.78, 5) is 0. The van der Waals surface area contributed by atoms with Crippen molar-refractivity contribution >= 4 is 11.8 Å². The average molecular weight is 181 g/mol. The summed E-state index contributed by atoms with van der Waals surface area (Å²) in [5.74, 6) is 2.25. The maximum absolute atomic E-state index is 5.61. The van der Waals surface area contributed by atoms with Crippen molar-refractivity contribution in [1.29, 1.82) is 0 Å². The Morgan fingerprint density at radius 1 is 1.25 bits per heavy atom. The molecule has 2 N–H and O–H groups in total. The van der Waals surface area contributed by atoms with Crippen molar-refractivity contribution in [2.24, 2.45) is 5.73 Å². The lowest BCUT2D eigenvalue weighted by molar-refractivity contribution is 1.04. The first-order chi connectivity index (χ1) is 5.88. The molecule has 0 aliphatic rings. The number of nitrogens with two attached hydrogens (primary N) is 1. The van der Waals surface area contributed by atoms with E-state index in [1.165, 1.54) is 16.9 Å². The molecule has 0 saturated heterocycles. The molecule has 0 atom stereocenters. The minimum absolute atomic E-state index is 0.653. The summed E-state index contributed by atoms with van der Waals surface area (Å²) in [6, 6.07) is 8.38. The molecule has 1 aromatic rings. The van der Waals surface area contributed by atoms with Crippen LogP contribution in [0.3, 0.4) is 0 Å². The summed E-state index contributed by atoms with van der Waals surface area (Å²) in [5, 5.41) is 0. The van der Waals surface area contributed by atoms with Gasteiger partial charge in [-0.05, 0) is 16.9 Å². The molecule has 0 aliphatic carbocycles. The second-order valence-corrected chi connectivity index (χ2v) is 3.88. The van der Waals surface area contributed by atoms with Crippen molar-refractivity contribution in [3.05, 3.63) is 35.4 Å². The normalized spacial score (nSPS) is 10.2. The van der Waals surface area contributed by atoms with E-state index in [0.717, 1.165) is 5.75 Å². The molecule has 0 saturated carbocycles. The molecule has 0 spiro atoms. The first-order valence-electron chi connectivity index (χ1n) is 4.23. The van der Waals surface area contributed by atoms with E-state index >= 15 is 0 Å². The Balaban J connectivity index is 2.68. The van der Waals surface area contributed by atoms with Crippen LogP contribution in [0.5, 0.6) is 0 Å². The fourth-order valence-corrected chi connectivity index (χ4v) is 1.82. The van der Waals surface area contributed by atoms with Crippen LogP contribution in [0.2, 0.25) is 0 Å². The maximum Gasteiger partial charge on any atom is 0.0187 e. The Bertz CT molecular complexity index is 235. The fourth-order valence-electron chi connectivity index (χ4n) is 1.11. The van der Waals surface area contributed by atoms with Crippen molar-refractivity contribution < 1.29 is 0 Å². The Labute approximate surface area is 78.4 Å². The standard InChI is InChI=1S/C10H15NS/c1-2-12-8-10-6-4-3-5-9(10)7-11/h3-6H,2,7-8,11H2,1H3. The SMILES string of the molecule is CCSCc1ccccc1CN. The molecular formula is C10H15NS. The van der Waals surface area contributed by atoms with Gasteiger partial charge < -0.3 is 5.73 Å². The monoisotopic (exact) mass is 181 g/mol. The lowest BCUT2D eigenvalue weighted by Crippen LogP contribution is -2.00. The zero-order valence-corrected chi connectivity index (χ0v) is 8.23. The molecule has 66 valence electrons. The summed E-state index contributed by atoms with van der Waals surface area (Å²) in [7, 11) is 0. The van der Waals surface area contributed by atoms with E-state index in [1.807, 2.05) is 17.8 Å². The number of rotatable bonds is 4. The number of hydrogen-bond acceptors (Lipinski definition) is 2. The molecule has 0 heterocycles. The predicted molar refractivity (Wildman–Crippen MR) is 56.2 cm³/mol. The third-order valence-electron chi connectivity index (χ3n) is 1.80. The van der Waals surface area contributed by atoms with E-state index < -0.39 is 0 Å². The molecule has 1 aromatic carbocycles. The molecule has 0 fully saturated rings. The number of thioether (sulfide) groups is 1. The van der Waals surface area contributed by atoms with Gasteiger partial charge in [-0.2, -0.15) is 11.8 Å². The quantitative estimate of drug-likeness (QED) is 0.772. The Hall–Kier alpha value is -0.470. The van der Waals surface area contributed by atoms with Crippen LogP contribution in [-0.4, -0.2) is 5.75 Å². The van der Waals surface area contributed by atoms with Crippen molar-refractivity contribution in [3.63, 3.8) is 0 Å². The van der Waals surface area contributed by atoms with Crippen LogP contribution in [0.15, 0.2) is 24.3 Å². The van der Waals surface area contributed by atoms with Crippen molar-refractivity contribution in [3.8, 4) is 0 Å². The number of benzene rings is 1. The first-order valence-corrected chi connectivity index (χ1v) is 5.38. The van der Waals surface area contributed by atoms with Gasteiger partial charge in [0.25, 0.3) is 0 Å². The van der Waals surface area contributed by atoms with Crippen LogP contribution >= 0.6 is 11.8 Å². The Kier molecular flexibility index (Phi) is 4.19. The highest BCUT2D eigenvalue weighted by Gasteiger charge is 1.97. The van der Waals surface area contributed by atoms with Gasteiger partial charge in [-0.1, -0.05) is 31.2 Å². The highest BCUT2D eigenvalue weighted by molar-refractivity contribution is 7.98. The van der Waals surface area contributed by atoms with Crippen molar-refractivity contribution in [2.45, 2.75) is 19.2 Å². The summed E-state index contributed by atoms with van der Waals surface area (Å²) in [5.41, 5.74) is 8.27. The second kappa shape index (κ2) is 5.22. The van der Waals surface area contributed by atoms with Gasteiger partial charge in [-0.3, -0.25) is 0 Å². The molecule has 0 aliphatic heterocycles. The molecular weight excluding hydrogens is 166 g/mol. The highest BCUT2D eigenvalue weighted by atomic mass is 32.2. The zero-order chi connectivity index (χ0) is 8.81. The van der Waals surface area contributed by atoms with Gasteiger partial charge in [-0.25, -0.2) is 0 Å². The van der Waals surface area contributed by atoms with E-state index in [-0.39, 0.29) is 0 Å². The van der Waals surface area contributed by atoms with E-state index in [4.69, 9.17) is 5.73 Å². The molecule has 0 aromatic heterocycles.